The van der Waals surface area contributed by atoms with Crippen molar-refractivity contribution in [3.8, 4) is 17.0 Å². The third kappa shape index (κ3) is 4.67. The highest BCUT2D eigenvalue weighted by atomic mass is 16.5. The first-order valence-electron chi connectivity index (χ1n) is 10.8. The molecule has 5 nitrogen and oxygen atoms in total. The highest BCUT2D eigenvalue weighted by Crippen LogP contribution is 2.30. The number of likely N-dealkylation sites (tertiary alicyclic amines) is 1. The molecule has 0 N–H and O–H groups in total. The van der Waals surface area contributed by atoms with E-state index in [9.17, 15) is 0 Å². The molecule has 1 aromatic heterocycles. The Morgan fingerprint density at radius 3 is 2.35 bits per heavy atom. The van der Waals surface area contributed by atoms with Crippen LogP contribution in [0.5, 0.6) is 5.75 Å². The van der Waals surface area contributed by atoms with Gasteiger partial charge in [-0.25, -0.2) is 4.68 Å². The summed E-state index contributed by atoms with van der Waals surface area (Å²) in [5.41, 5.74) is 4.33. The quantitative estimate of drug-likeness (QED) is 0.431. The number of benzene rings is 3. The molecule has 31 heavy (non-hydrogen) atoms. The van der Waals surface area contributed by atoms with Crippen LogP contribution >= 0.6 is 0 Å². The van der Waals surface area contributed by atoms with Crippen molar-refractivity contribution < 1.29 is 4.74 Å². The Hall–Kier alpha value is -3.44. The summed E-state index contributed by atoms with van der Waals surface area (Å²) in [6.07, 6.45) is 3.14. The summed E-state index contributed by atoms with van der Waals surface area (Å²) < 4.78 is 8.13. The maximum absolute atomic E-state index is 6.11. The van der Waals surface area contributed by atoms with Gasteiger partial charge in [0.25, 0.3) is 0 Å². The van der Waals surface area contributed by atoms with Gasteiger partial charge in [0.1, 0.15) is 18.1 Å². The molecule has 1 fully saturated rings. The molecule has 0 saturated carbocycles. The summed E-state index contributed by atoms with van der Waals surface area (Å²) in [6.45, 7) is 3.58. The van der Waals surface area contributed by atoms with Crippen molar-refractivity contribution in [2.24, 2.45) is 0 Å². The number of aromatic nitrogens is 3. The summed E-state index contributed by atoms with van der Waals surface area (Å²) in [4.78, 5) is 2.48. The van der Waals surface area contributed by atoms with Gasteiger partial charge < -0.3 is 4.74 Å². The van der Waals surface area contributed by atoms with Gasteiger partial charge in [-0.2, -0.15) is 0 Å². The first-order chi connectivity index (χ1) is 15.3. The van der Waals surface area contributed by atoms with Crippen LogP contribution in [0.4, 0.5) is 0 Å². The number of para-hydroxylation sites is 1. The molecule has 4 aromatic rings. The maximum atomic E-state index is 6.11. The summed E-state index contributed by atoms with van der Waals surface area (Å²) in [5.74, 6) is 0.829. The van der Waals surface area contributed by atoms with Crippen molar-refractivity contribution in [2.75, 3.05) is 13.1 Å². The van der Waals surface area contributed by atoms with Gasteiger partial charge >= 0.3 is 0 Å². The Labute approximate surface area is 182 Å². The normalized spacial score (nSPS) is 16.5. The topological polar surface area (TPSA) is 43.2 Å². The zero-order valence-corrected chi connectivity index (χ0v) is 17.5. The van der Waals surface area contributed by atoms with Gasteiger partial charge in [-0.05, 0) is 29.7 Å². The molecule has 1 atom stereocenters. The molecule has 0 radical (unpaired) electrons. The number of hydrogen-bond acceptors (Lipinski definition) is 4. The van der Waals surface area contributed by atoms with Crippen molar-refractivity contribution >= 4 is 0 Å². The molecule has 1 aliphatic heterocycles. The van der Waals surface area contributed by atoms with Crippen LogP contribution in [0, 0.1) is 0 Å². The van der Waals surface area contributed by atoms with Gasteiger partial charge in [0.2, 0.25) is 0 Å². The van der Waals surface area contributed by atoms with Gasteiger partial charge in [-0.15, -0.1) is 5.10 Å². The van der Waals surface area contributed by atoms with Crippen molar-refractivity contribution in [1.82, 2.24) is 19.9 Å². The first kappa shape index (κ1) is 19.5. The van der Waals surface area contributed by atoms with Gasteiger partial charge in [0.15, 0.2) is 0 Å². The molecule has 1 unspecified atom stereocenters. The lowest BCUT2D eigenvalue weighted by Gasteiger charge is -2.15. The predicted octanol–water partition coefficient (Wildman–Crippen LogP) is 4.97. The molecular formula is C26H26N4O. The highest BCUT2D eigenvalue weighted by Gasteiger charge is 2.25. The van der Waals surface area contributed by atoms with E-state index in [-0.39, 0.29) is 0 Å². The lowest BCUT2D eigenvalue weighted by molar-refractivity contribution is 0.307. The van der Waals surface area contributed by atoms with E-state index < -0.39 is 0 Å². The van der Waals surface area contributed by atoms with Gasteiger partial charge in [-0.1, -0.05) is 78.0 Å². The van der Waals surface area contributed by atoms with E-state index in [0.717, 1.165) is 48.6 Å². The molecule has 0 amide bonds. The molecule has 5 rings (SSSR count). The first-order valence-corrected chi connectivity index (χ1v) is 10.8. The van der Waals surface area contributed by atoms with Gasteiger partial charge in [0.05, 0.1) is 12.2 Å². The molecule has 0 bridgehead atoms. The van der Waals surface area contributed by atoms with Crippen LogP contribution in [-0.2, 0) is 13.2 Å². The fourth-order valence-corrected chi connectivity index (χ4v) is 4.13. The second kappa shape index (κ2) is 9.14. The van der Waals surface area contributed by atoms with Crippen molar-refractivity contribution in [1.29, 1.82) is 0 Å². The number of rotatable bonds is 7. The van der Waals surface area contributed by atoms with E-state index in [4.69, 9.17) is 4.74 Å². The number of ether oxygens (including phenoxy) is 1. The average Bonchev–Trinajstić information content (AvgIpc) is 3.49. The Balaban J connectivity index is 1.27. The molecule has 0 aliphatic carbocycles. The van der Waals surface area contributed by atoms with Crippen LogP contribution in [0.15, 0.2) is 91.1 Å². The molecule has 0 spiro atoms. The van der Waals surface area contributed by atoms with Crippen LogP contribution in [-0.4, -0.2) is 33.0 Å². The molecule has 156 valence electrons. The van der Waals surface area contributed by atoms with Crippen LogP contribution in [0.2, 0.25) is 0 Å². The number of nitrogens with zero attached hydrogens (tertiary/aromatic N) is 4. The van der Waals surface area contributed by atoms with E-state index in [1.54, 1.807) is 0 Å². The van der Waals surface area contributed by atoms with Crippen LogP contribution in [0.1, 0.15) is 23.6 Å². The fraction of sp³-hybridized carbons (Fsp3) is 0.231. The molecule has 1 aliphatic rings. The third-order valence-electron chi connectivity index (χ3n) is 5.78. The van der Waals surface area contributed by atoms with E-state index in [0.29, 0.717) is 12.6 Å². The largest absolute Gasteiger partial charge is 0.488 e. The fourth-order valence-electron chi connectivity index (χ4n) is 4.13. The van der Waals surface area contributed by atoms with E-state index in [2.05, 4.69) is 63.9 Å². The van der Waals surface area contributed by atoms with E-state index in [1.165, 1.54) is 5.56 Å². The standard InChI is InChI=1S/C26H26N4O/c1-3-9-21(10-4-1)17-29-16-15-23(18-29)30-19-25(27-28-30)24-13-7-8-14-26(24)31-20-22-11-5-2-6-12-22/h1-14,19,23H,15-18,20H2. The second-order valence-corrected chi connectivity index (χ2v) is 8.02. The van der Waals surface area contributed by atoms with Crippen molar-refractivity contribution in [3.63, 3.8) is 0 Å². The summed E-state index contributed by atoms with van der Waals surface area (Å²) in [7, 11) is 0. The van der Waals surface area contributed by atoms with Crippen molar-refractivity contribution in [3.05, 3.63) is 102 Å². The Kier molecular flexibility index (Phi) is 5.76. The average molecular weight is 411 g/mol. The van der Waals surface area contributed by atoms with Crippen LogP contribution < -0.4 is 4.74 Å². The monoisotopic (exact) mass is 410 g/mol. The van der Waals surface area contributed by atoms with Gasteiger partial charge in [-0.3, -0.25) is 4.90 Å². The van der Waals surface area contributed by atoms with Crippen LogP contribution in [0.25, 0.3) is 11.3 Å². The molecular weight excluding hydrogens is 384 g/mol. The minimum Gasteiger partial charge on any atom is -0.488 e. The SMILES string of the molecule is c1ccc(COc2ccccc2-c2cn(C3CCN(Cc4ccccc4)C3)nn2)cc1. The molecule has 3 aromatic carbocycles. The van der Waals surface area contributed by atoms with E-state index >= 15 is 0 Å². The lowest BCUT2D eigenvalue weighted by atomic mass is 10.1. The lowest BCUT2D eigenvalue weighted by Crippen LogP contribution is -2.21. The summed E-state index contributed by atoms with van der Waals surface area (Å²) >= 11 is 0. The maximum Gasteiger partial charge on any atom is 0.129 e. The summed E-state index contributed by atoms with van der Waals surface area (Å²) in [5, 5.41) is 8.93. The smallest absolute Gasteiger partial charge is 0.129 e. The molecule has 1 saturated heterocycles. The Bertz CT molecular complexity index is 1110. The highest BCUT2D eigenvalue weighted by molar-refractivity contribution is 5.66. The molecule has 5 heteroatoms. The summed E-state index contributed by atoms with van der Waals surface area (Å²) in [6, 6.07) is 29.2. The predicted molar refractivity (Wildman–Crippen MR) is 122 cm³/mol. The Morgan fingerprint density at radius 2 is 1.55 bits per heavy atom. The van der Waals surface area contributed by atoms with Crippen LogP contribution in [0.3, 0.4) is 0 Å². The minimum absolute atomic E-state index is 0.349. The van der Waals surface area contributed by atoms with Crippen molar-refractivity contribution in [2.45, 2.75) is 25.6 Å². The third-order valence-corrected chi connectivity index (χ3v) is 5.78. The van der Waals surface area contributed by atoms with E-state index in [1.807, 2.05) is 47.1 Å². The molecule has 2 heterocycles. The second-order valence-electron chi connectivity index (χ2n) is 8.02. The Morgan fingerprint density at radius 1 is 0.839 bits per heavy atom. The zero-order valence-electron chi connectivity index (χ0n) is 17.5. The minimum atomic E-state index is 0.349. The van der Waals surface area contributed by atoms with Gasteiger partial charge in [0, 0.05) is 25.2 Å². The number of hydrogen-bond donors (Lipinski definition) is 0. The zero-order chi connectivity index (χ0) is 20.9.